The Balaban J connectivity index is 0.00000272. The number of hydrogen-bond donors (Lipinski definition) is 5. The van der Waals surface area contributed by atoms with Crippen LogP contribution in [-0.2, 0) is 4.74 Å². The summed E-state index contributed by atoms with van der Waals surface area (Å²) >= 11 is 0. The van der Waals surface area contributed by atoms with Gasteiger partial charge in [-0.2, -0.15) is 4.98 Å². The van der Waals surface area contributed by atoms with E-state index in [9.17, 15) is 20.1 Å². The van der Waals surface area contributed by atoms with Crippen molar-refractivity contribution in [2.24, 2.45) is 5.92 Å². The summed E-state index contributed by atoms with van der Waals surface area (Å²) in [6, 6.07) is 4.82. The van der Waals surface area contributed by atoms with Gasteiger partial charge in [-0.25, -0.2) is 0 Å². The van der Waals surface area contributed by atoms with Gasteiger partial charge in [-0.05, 0) is 25.5 Å². The van der Waals surface area contributed by atoms with Crippen molar-refractivity contribution in [2.45, 2.75) is 31.6 Å². The van der Waals surface area contributed by atoms with Crippen LogP contribution in [0.3, 0.4) is 0 Å². The Morgan fingerprint density at radius 3 is 2.61 bits per heavy atom. The largest absolute Gasteiger partial charge is 0.396 e. The van der Waals surface area contributed by atoms with Gasteiger partial charge in [0.05, 0.1) is 31.1 Å². The summed E-state index contributed by atoms with van der Waals surface area (Å²) in [4.78, 5) is 26.9. The Bertz CT molecular complexity index is 952. The molecule has 11 heteroatoms. The van der Waals surface area contributed by atoms with Crippen LogP contribution in [0.25, 0.3) is 11.3 Å². The highest BCUT2D eigenvalue weighted by molar-refractivity contribution is 5.85. The number of morpholine rings is 1. The number of aromatic nitrogens is 3. The number of aliphatic hydroxyl groups excluding tert-OH is 3. The summed E-state index contributed by atoms with van der Waals surface area (Å²) in [5.41, 5.74) is 1.14. The van der Waals surface area contributed by atoms with Crippen LogP contribution in [-0.4, -0.2) is 81.4 Å². The molecule has 1 saturated carbocycles. The summed E-state index contributed by atoms with van der Waals surface area (Å²) in [6.07, 6.45) is -1.79. The van der Waals surface area contributed by atoms with Crippen molar-refractivity contribution in [2.75, 3.05) is 43.1 Å². The van der Waals surface area contributed by atoms with Crippen LogP contribution in [0, 0.1) is 12.8 Å². The van der Waals surface area contributed by atoms with E-state index in [1.54, 1.807) is 6.07 Å². The van der Waals surface area contributed by atoms with E-state index in [-0.39, 0.29) is 36.0 Å². The molecule has 0 aromatic carbocycles. The van der Waals surface area contributed by atoms with Gasteiger partial charge in [0, 0.05) is 31.3 Å². The number of H-pyrrole nitrogens is 1. The molecule has 2 aromatic rings. The maximum absolute atomic E-state index is 13.1. The molecule has 0 amide bonds. The second kappa shape index (κ2) is 9.92. The molecule has 0 radical (unpaired) electrons. The molecule has 4 rings (SSSR count). The van der Waals surface area contributed by atoms with E-state index in [4.69, 9.17) is 4.74 Å². The van der Waals surface area contributed by atoms with Gasteiger partial charge in [-0.3, -0.25) is 14.8 Å². The lowest BCUT2D eigenvalue weighted by molar-refractivity contribution is 0.00446. The molecule has 2 aromatic heterocycles. The quantitative estimate of drug-likeness (QED) is 0.419. The predicted octanol–water partition coefficient (Wildman–Crippen LogP) is -0.0868. The highest BCUT2D eigenvalue weighted by Gasteiger charge is 2.41. The molecule has 1 aliphatic carbocycles. The summed E-state index contributed by atoms with van der Waals surface area (Å²) in [5, 5.41) is 33.2. The van der Waals surface area contributed by atoms with Crippen molar-refractivity contribution in [1.82, 2.24) is 15.0 Å². The lowest BCUT2D eigenvalue weighted by atomic mass is 10.1. The second-order valence-electron chi connectivity index (χ2n) is 7.79. The zero-order valence-corrected chi connectivity index (χ0v) is 18.0. The van der Waals surface area contributed by atoms with Crippen LogP contribution in [0.1, 0.15) is 12.1 Å². The average molecular weight is 454 g/mol. The fourth-order valence-electron chi connectivity index (χ4n) is 4.03. The fraction of sp³-hybridized carbons (Fsp3) is 0.550. The topological polar surface area (TPSA) is 144 Å². The Hall–Kier alpha value is -2.24. The van der Waals surface area contributed by atoms with Crippen LogP contribution in [0.5, 0.6) is 0 Å². The van der Waals surface area contributed by atoms with Crippen LogP contribution in [0.15, 0.2) is 23.0 Å². The summed E-state index contributed by atoms with van der Waals surface area (Å²) in [5.74, 6) is 0.251. The molecular weight excluding hydrogens is 426 g/mol. The van der Waals surface area contributed by atoms with Crippen molar-refractivity contribution in [3.8, 4) is 11.3 Å². The Kier molecular flexibility index (Phi) is 7.50. The number of pyridine rings is 1. The van der Waals surface area contributed by atoms with Gasteiger partial charge in [0.1, 0.15) is 17.5 Å². The number of hydrogen-bond acceptors (Lipinski definition) is 9. The minimum Gasteiger partial charge on any atom is -0.396 e. The number of aliphatic hydroxyl groups is 3. The van der Waals surface area contributed by atoms with Gasteiger partial charge in [0.15, 0.2) is 0 Å². The summed E-state index contributed by atoms with van der Waals surface area (Å²) in [6.45, 7) is 3.88. The van der Waals surface area contributed by atoms with Gasteiger partial charge < -0.3 is 30.3 Å². The standard InChI is InChI=1S/C20H27N5O5.ClH/c1-11-3-2-4-13(21-11)15-18(22-14-9-12(10-26)16(27)17(14)28)23-20(24-19(15)29)25-5-7-30-8-6-25;/h2-4,12,14,16-17,26-28H,5-10H2,1H3,(H2,22,23,24,29);1H/t12-,14-,16-,17+;/m1./s1. The van der Waals surface area contributed by atoms with Crippen LogP contribution < -0.4 is 15.8 Å². The number of ether oxygens (including phenoxy) is 1. The molecule has 2 aliphatic rings. The number of anilines is 2. The van der Waals surface area contributed by atoms with Gasteiger partial charge in [-0.15, -0.1) is 12.4 Å². The molecule has 1 saturated heterocycles. The number of rotatable bonds is 5. The first-order valence-corrected chi connectivity index (χ1v) is 10.1. The average Bonchev–Trinajstić information content (AvgIpc) is 3.02. The van der Waals surface area contributed by atoms with E-state index in [1.165, 1.54) is 0 Å². The molecule has 4 atom stereocenters. The predicted molar refractivity (Wildman–Crippen MR) is 118 cm³/mol. The number of nitrogens with zero attached hydrogens (tertiary/aromatic N) is 3. The Labute approximate surface area is 185 Å². The van der Waals surface area contributed by atoms with E-state index in [1.807, 2.05) is 24.0 Å². The highest BCUT2D eigenvalue weighted by atomic mass is 35.5. The SMILES string of the molecule is Cc1cccc(-c2c(N[C@@H]3C[C@H](CO)[C@@H](O)[C@H]3O)nc(N3CCOCC3)[nH]c2=O)n1.Cl. The third-order valence-corrected chi connectivity index (χ3v) is 5.72. The van der Waals surface area contributed by atoms with Crippen LogP contribution in [0.4, 0.5) is 11.8 Å². The lowest BCUT2D eigenvalue weighted by Crippen LogP contribution is -2.39. The second-order valence-corrected chi connectivity index (χ2v) is 7.79. The lowest BCUT2D eigenvalue weighted by Gasteiger charge is -2.28. The van der Waals surface area contributed by atoms with E-state index >= 15 is 0 Å². The first kappa shape index (κ1) is 23.4. The van der Waals surface area contributed by atoms with Crippen LogP contribution >= 0.6 is 12.4 Å². The zero-order chi connectivity index (χ0) is 21.3. The van der Waals surface area contributed by atoms with E-state index in [0.717, 1.165) is 5.69 Å². The Morgan fingerprint density at radius 2 is 1.97 bits per heavy atom. The van der Waals surface area contributed by atoms with Gasteiger partial charge in [0.25, 0.3) is 5.56 Å². The van der Waals surface area contributed by atoms with E-state index < -0.39 is 24.2 Å². The third-order valence-electron chi connectivity index (χ3n) is 5.72. The van der Waals surface area contributed by atoms with Gasteiger partial charge >= 0.3 is 0 Å². The summed E-state index contributed by atoms with van der Waals surface area (Å²) < 4.78 is 5.37. The molecule has 0 bridgehead atoms. The molecule has 10 nitrogen and oxygen atoms in total. The molecule has 5 N–H and O–H groups in total. The normalized spacial score (nSPS) is 25.9. The van der Waals surface area contributed by atoms with Gasteiger partial charge in [0.2, 0.25) is 5.95 Å². The van der Waals surface area contributed by atoms with E-state index in [0.29, 0.717) is 44.4 Å². The number of aryl methyl sites for hydroxylation is 1. The number of nitrogens with one attached hydrogen (secondary N) is 2. The fourth-order valence-corrected chi connectivity index (χ4v) is 4.03. The zero-order valence-electron chi connectivity index (χ0n) is 17.2. The maximum Gasteiger partial charge on any atom is 0.263 e. The molecule has 1 aliphatic heterocycles. The molecular formula is C20H28ClN5O5. The highest BCUT2D eigenvalue weighted by Crippen LogP contribution is 2.31. The molecule has 3 heterocycles. The molecule has 31 heavy (non-hydrogen) atoms. The number of halogens is 1. The van der Waals surface area contributed by atoms with Crippen LogP contribution in [0.2, 0.25) is 0 Å². The van der Waals surface area contributed by atoms with Gasteiger partial charge in [-0.1, -0.05) is 6.07 Å². The van der Waals surface area contributed by atoms with Crippen molar-refractivity contribution >= 4 is 24.2 Å². The van der Waals surface area contributed by atoms with Crippen molar-refractivity contribution in [3.05, 3.63) is 34.2 Å². The minimum atomic E-state index is -1.09. The molecule has 0 unspecified atom stereocenters. The molecule has 2 fully saturated rings. The van der Waals surface area contributed by atoms with Crippen molar-refractivity contribution in [1.29, 1.82) is 0 Å². The van der Waals surface area contributed by atoms with Crippen molar-refractivity contribution in [3.63, 3.8) is 0 Å². The Morgan fingerprint density at radius 1 is 1.23 bits per heavy atom. The van der Waals surface area contributed by atoms with Crippen molar-refractivity contribution < 1.29 is 20.1 Å². The minimum absolute atomic E-state index is 0. The first-order valence-electron chi connectivity index (χ1n) is 10.1. The monoisotopic (exact) mass is 453 g/mol. The molecule has 170 valence electrons. The third kappa shape index (κ3) is 4.83. The maximum atomic E-state index is 13.1. The smallest absolute Gasteiger partial charge is 0.263 e. The summed E-state index contributed by atoms with van der Waals surface area (Å²) in [7, 11) is 0. The number of aromatic amines is 1. The van der Waals surface area contributed by atoms with E-state index in [2.05, 4.69) is 20.3 Å². The molecule has 0 spiro atoms. The first-order chi connectivity index (χ1) is 14.5.